The molecule has 7 heteroatoms. The van der Waals surface area contributed by atoms with Crippen LogP contribution in [0.2, 0.25) is 0 Å². The van der Waals surface area contributed by atoms with Gasteiger partial charge in [-0.15, -0.1) is 0 Å². The van der Waals surface area contributed by atoms with Gasteiger partial charge in [0.05, 0.1) is 34.7 Å². The lowest BCUT2D eigenvalue weighted by Crippen LogP contribution is -1.99. The highest BCUT2D eigenvalue weighted by atomic mass is 16.7. The van der Waals surface area contributed by atoms with E-state index in [2.05, 4.69) is 4.98 Å². The summed E-state index contributed by atoms with van der Waals surface area (Å²) in [4.78, 5) is 15.6. The molecule has 1 fully saturated rings. The first-order valence-corrected chi connectivity index (χ1v) is 7.59. The molecule has 0 N–H and O–H groups in total. The second-order valence-corrected chi connectivity index (χ2v) is 5.56. The lowest BCUT2D eigenvalue weighted by Gasteiger charge is -2.09. The minimum atomic E-state index is -0.442. The Morgan fingerprint density at radius 1 is 1.17 bits per heavy atom. The number of fused-ring (bicyclic) bond motifs is 1. The smallest absolute Gasteiger partial charge is 0.280 e. The lowest BCUT2D eigenvalue weighted by molar-refractivity contribution is -0.384. The minimum absolute atomic E-state index is 0.0332. The van der Waals surface area contributed by atoms with Crippen molar-refractivity contribution in [3.8, 4) is 11.4 Å². The fourth-order valence-electron chi connectivity index (χ4n) is 3.03. The molecule has 2 aromatic carbocycles. The molecule has 2 heterocycles. The van der Waals surface area contributed by atoms with Crippen molar-refractivity contribution in [1.29, 1.82) is 0 Å². The predicted octanol–water partition coefficient (Wildman–Crippen LogP) is 3.19. The molecule has 0 saturated carbocycles. The number of para-hydroxylation sites is 2. The summed E-state index contributed by atoms with van der Waals surface area (Å²) in [5.74, 6) is 0.544. The maximum atomic E-state index is 11.3. The fraction of sp³-hybridized carbons (Fsp3) is 0.235. The summed E-state index contributed by atoms with van der Waals surface area (Å²) >= 11 is 0. The standard InChI is InChI=1S/C17H15N3O4/c1-19-14-8-4-6-12(17-23-9-10-24-17)15(14)18-16(19)11-5-2-3-7-13(11)20(21)22/h2-8,17H,9-10H2,1H3. The average molecular weight is 325 g/mol. The number of nitro benzene ring substituents is 1. The molecule has 1 saturated heterocycles. The number of hydrogen-bond acceptors (Lipinski definition) is 5. The van der Waals surface area contributed by atoms with Gasteiger partial charge in [-0.2, -0.15) is 0 Å². The molecule has 0 spiro atoms. The first-order valence-electron chi connectivity index (χ1n) is 7.59. The largest absolute Gasteiger partial charge is 0.346 e. The number of ether oxygens (including phenoxy) is 2. The van der Waals surface area contributed by atoms with Crippen LogP contribution in [0.1, 0.15) is 11.9 Å². The van der Waals surface area contributed by atoms with Crippen molar-refractivity contribution in [3.63, 3.8) is 0 Å². The maximum absolute atomic E-state index is 11.3. The zero-order chi connectivity index (χ0) is 16.7. The molecule has 1 aliphatic heterocycles. The van der Waals surface area contributed by atoms with Crippen molar-refractivity contribution in [2.24, 2.45) is 7.05 Å². The van der Waals surface area contributed by atoms with Crippen molar-refractivity contribution >= 4 is 16.7 Å². The molecular formula is C17H15N3O4. The number of hydrogen-bond donors (Lipinski definition) is 0. The fourth-order valence-corrected chi connectivity index (χ4v) is 3.03. The first kappa shape index (κ1) is 14.8. The molecule has 0 radical (unpaired) electrons. The van der Waals surface area contributed by atoms with E-state index in [-0.39, 0.29) is 5.69 Å². The van der Waals surface area contributed by atoms with E-state index in [1.807, 2.05) is 29.8 Å². The number of imidazole rings is 1. The quantitative estimate of drug-likeness (QED) is 0.546. The molecule has 0 atom stereocenters. The van der Waals surface area contributed by atoms with Gasteiger partial charge in [-0.25, -0.2) is 4.98 Å². The second kappa shape index (κ2) is 5.70. The van der Waals surface area contributed by atoms with Crippen LogP contribution >= 0.6 is 0 Å². The molecule has 1 aromatic heterocycles. The van der Waals surface area contributed by atoms with Crippen molar-refractivity contribution in [2.75, 3.05) is 13.2 Å². The number of aryl methyl sites for hydroxylation is 1. The van der Waals surface area contributed by atoms with Gasteiger partial charge >= 0.3 is 0 Å². The SMILES string of the molecule is Cn1c(-c2ccccc2[N+](=O)[O-])nc2c(C3OCCO3)cccc21. The average Bonchev–Trinajstić information content (AvgIpc) is 3.23. The number of nitro groups is 1. The molecule has 4 rings (SSSR count). The van der Waals surface area contributed by atoms with Crippen LogP contribution in [-0.4, -0.2) is 27.7 Å². The zero-order valence-corrected chi connectivity index (χ0v) is 13.0. The third-order valence-electron chi connectivity index (χ3n) is 4.16. The number of rotatable bonds is 3. The van der Waals surface area contributed by atoms with E-state index >= 15 is 0 Å². The lowest BCUT2D eigenvalue weighted by atomic mass is 10.1. The summed E-state index contributed by atoms with van der Waals surface area (Å²) in [5.41, 5.74) is 2.97. The molecule has 122 valence electrons. The number of aromatic nitrogens is 2. The van der Waals surface area contributed by atoms with E-state index in [1.165, 1.54) is 6.07 Å². The molecule has 0 aliphatic carbocycles. The third kappa shape index (κ3) is 2.26. The van der Waals surface area contributed by atoms with Crippen LogP contribution in [0.15, 0.2) is 42.5 Å². The molecule has 0 amide bonds. The van der Waals surface area contributed by atoms with Gasteiger partial charge in [0.2, 0.25) is 0 Å². The highest BCUT2D eigenvalue weighted by Gasteiger charge is 2.25. The minimum Gasteiger partial charge on any atom is -0.346 e. The van der Waals surface area contributed by atoms with E-state index in [4.69, 9.17) is 9.47 Å². The molecule has 3 aromatic rings. The normalized spacial score (nSPS) is 15.2. The summed E-state index contributed by atoms with van der Waals surface area (Å²) in [6, 6.07) is 12.4. The van der Waals surface area contributed by atoms with Gasteiger partial charge in [-0.3, -0.25) is 10.1 Å². The monoisotopic (exact) mass is 325 g/mol. The van der Waals surface area contributed by atoms with Gasteiger partial charge < -0.3 is 14.0 Å². The Kier molecular flexibility index (Phi) is 3.51. The van der Waals surface area contributed by atoms with Gasteiger partial charge in [-0.1, -0.05) is 24.3 Å². The second-order valence-electron chi connectivity index (χ2n) is 5.56. The van der Waals surface area contributed by atoms with E-state index in [0.717, 1.165) is 16.6 Å². The predicted molar refractivity (Wildman–Crippen MR) is 87.4 cm³/mol. The molecule has 1 aliphatic rings. The Hall–Kier alpha value is -2.77. The summed E-state index contributed by atoms with van der Waals surface area (Å²) in [7, 11) is 1.85. The Balaban J connectivity index is 1.94. The van der Waals surface area contributed by atoms with Gasteiger partial charge in [0, 0.05) is 18.7 Å². The summed E-state index contributed by atoms with van der Waals surface area (Å²) in [6.45, 7) is 1.09. The van der Waals surface area contributed by atoms with E-state index < -0.39 is 11.2 Å². The van der Waals surface area contributed by atoms with E-state index in [0.29, 0.717) is 24.6 Å². The third-order valence-corrected chi connectivity index (χ3v) is 4.16. The van der Waals surface area contributed by atoms with Crippen LogP contribution in [0, 0.1) is 10.1 Å². The summed E-state index contributed by atoms with van der Waals surface area (Å²) in [5, 5.41) is 11.3. The van der Waals surface area contributed by atoms with Crippen LogP contribution in [0.3, 0.4) is 0 Å². The van der Waals surface area contributed by atoms with Gasteiger partial charge in [-0.05, 0) is 12.1 Å². The molecule has 7 nitrogen and oxygen atoms in total. The van der Waals surface area contributed by atoms with Crippen molar-refractivity contribution in [3.05, 3.63) is 58.1 Å². The Labute approximate surface area is 137 Å². The van der Waals surface area contributed by atoms with Gasteiger partial charge in [0.1, 0.15) is 5.82 Å². The zero-order valence-electron chi connectivity index (χ0n) is 13.0. The maximum Gasteiger partial charge on any atom is 0.280 e. The molecule has 24 heavy (non-hydrogen) atoms. The highest BCUT2D eigenvalue weighted by molar-refractivity contribution is 5.85. The van der Waals surface area contributed by atoms with E-state index in [1.54, 1.807) is 18.2 Å². The van der Waals surface area contributed by atoms with Gasteiger partial charge in [0.15, 0.2) is 6.29 Å². The van der Waals surface area contributed by atoms with E-state index in [9.17, 15) is 10.1 Å². The molecule has 0 bridgehead atoms. The molecular weight excluding hydrogens is 310 g/mol. The van der Waals surface area contributed by atoms with Crippen LogP contribution in [0.5, 0.6) is 0 Å². The Bertz CT molecular complexity index is 929. The van der Waals surface area contributed by atoms with Crippen LogP contribution in [0.25, 0.3) is 22.4 Å². The van der Waals surface area contributed by atoms with Crippen LogP contribution < -0.4 is 0 Å². The topological polar surface area (TPSA) is 79.4 Å². The number of benzene rings is 2. The number of nitrogens with zero attached hydrogens (tertiary/aromatic N) is 3. The van der Waals surface area contributed by atoms with Crippen molar-refractivity contribution < 1.29 is 14.4 Å². The molecule has 0 unspecified atom stereocenters. The van der Waals surface area contributed by atoms with Crippen molar-refractivity contribution in [1.82, 2.24) is 9.55 Å². The highest BCUT2D eigenvalue weighted by Crippen LogP contribution is 2.34. The van der Waals surface area contributed by atoms with Crippen LogP contribution in [-0.2, 0) is 16.5 Å². The van der Waals surface area contributed by atoms with Crippen molar-refractivity contribution in [2.45, 2.75) is 6.29 Å². The van der Waals surface area contributed by atoms with Gasteiger partial charge in [0.25, 0.3) is 5.69 Å². The first-order chi connectivity index (χ1) is 11.7. The Morgan fingerprint density at radius 3 is 2.67 bits per heavy atom. The summed E-state index contributed by atoms with van der Waals surface area (Å²) < 4.78 is 13.0. The van der Waals surface area contributed by atoms with Crippen LogP contribution in [0.4, 0.5) is 5.69 Å². The Morgan fingerprint density at radius 2 is 1.92 bits per heavy atom. The summed E-state index contributed by atoms with van der Waals surface area (Å²) in [6.07, 6.45) is -0.442.